The molecular weight excluding hydrogens is 601 g/mol. The van der Waals surface area contributed by atoms with Crippen molar-refractivity contribution in [3.05, 3.63) is 75.8 Å². The van der Waals surface area contributed by atoms with E-state index < -0.39 is 11.7 Å². The van der Waals surface area contributed by atoms with Crippen LogP contribution in [0, 0.1) is 0 Å². The Morgan fingerprint density at radius 2 is 1.88 bits per heavy atom. The number of alkyl halides is 3. The van der Waals surface area contributed by atoms with Gasteiger partial charge in [0.1, 0.15) is 18.1 Å². The van der Waals surface area contributed by atoms with Crippen molar-refractivity contribution in [2.45, 2.75) is 44.8 Å². The van der Waals surface area contributed by atoms with Crippen molar-refractivity contribution in [3.8, 4) is 22.6 Å². The van der Waals surface area contributed by atoms with Crippen molar-refractivity contribution in [2.24, 2.45) is 0 Å². The number of fused-ring (bicyclic) bond motifs is 1. The van der Waals surface area contributed by atoms with E-state index in [2.05, 4.69) is 28.2 Å². The van der Waals surface area contributed by atoms with Crippen LogP contribution in [0.4, 0.5) is 23.7 Å². The number of unbranched alkanes of at least 4 members (excludes halogenated alkanes) is 1. The Bertz CT molecular complexity index is 1370. The highest BCUT2D eigenvalue weighted by Gasteiger charge is 2.36. The summed E-state index contributed by atoms with van der Waals surface area (Å²) in [6.45, 7) is 3.61. The molecule has 10 heteroatoms. The second-order valence-electron chi connectivity index (χ2n) is 9.88. The topological polar surface area (TPSA) is 60.0 Å². The number of methoxy groups -OCH3 is 2. The first-order chi connectivity index (χ1) is 19.7. The number of nitrogens with zero attached hydrogens (tertiary/aromatic N) is 1. The summed E-state index contributed by atoms with van der Waals surface area (Å²) in [7, 11) is 2.94. The minimum atomic E-state index is -4.55. The van der Waals surface area contributed by atoms with E-state index in [0.717, 1.165) is 40.9 Å². The summed E-state index contributed by atoms with van der Waals surface area (Å²) in [5.41, 5.74) is 2.18. The zero-order valence-corrected chi connectivity index (χ0v) is 24.9. The molecule has 0 radical (unpaired) electrons. The third-order valence-corrected chi connectivity index (χ3v) is 7.65. The zero-order valence-electron chi connectivity index (χ0n) is 23.3. The Kier molecular flexibility index (Phi) is 10.2. The van der Waals surface area contributed by atoms with Gasteiger partial charge >= 0.3 is 12.2 Å². The van der Waals surface area contributed by atoms with Gasteiger partial charge in [0.2, 0.25) is 0 Å². The first-order valence-electron chi connectivity index (χ1n) is 13.5. The maximum atomic E-state index is 14.0. The van der Waals surface area contributed by atoms with Gasteiger partial charge < -0.3 is 19.5 Å². The van der Waals surface area contributed by atoms with E-state index in [1.165, 1.54) is 19.2 Å². The van der Waals surface area contributed by atoms with Gasteiger partial charge in [0.25, 0.3) is 0 Å². The van der Waals surface area contributed by atoms with Gasteiger partial charge in [-0.2, -0.15) is 13.2 Å². The number of halogens is 4. The third kappa shape index (κ3) is 7.35. The second kappa shape index (κ2) is 13.6. The lowest BCUT2D eigenvalue weighted by atomic mass is 9.91. The molecule has 1 heterocycles. The Hall–Kier alpha value is -3.24. The van der Waals surface area contributed by atoms with Gasteiger partial charge in [0.05, 0.1) is 19.3 Å². The van der Waals surface area contributed by atoms with Crippen LogP contribution < -0.4 is 19.7 Å². The molecule has 0 aliphatic carbocycles. The molecule has 0 saturated heterocycles. The van der Waals surface area contributed by atoms with Crippen LogP contribution >= 0.6 is 15.9 Å². The summed E-state index contributed by atoms with van der Waals surface area (Å²) < 4.78 is 58.7. The van der Waals surface area contributed by atoms with E-state index in [4.69, 9.17) is 14.2 Å². The van der Waals surface area contributed by atoms with Crippen molar-refractivity contribution in [1.82, 2.24) is 5.32 Å². The average Bonchev–Trinajstić information content (AvgIpc) is 3.32. The van der Waals surface area contributed by atoms with Gasteiger partial charge in [0, 0.05) is 41.8 Å². The fraction of sp³-hybridized carbons (Fsp3) is 0.387. The van der Waals surface area contributed by atoms with Crippen LogP contribution in [-0.2, 0) is 17.5 Å². The van der Waals surface area contributed by atoms with E-state index in [0.29, 0.717) is 36.8 Å². The SMILES string of the molecule is CCCCC1CN(C(=O)NCc2ccc(Br)cc2OCCOC)c2ccc(-c3ccc(OC)cc3C(F)(F)F)cc21. The standard InChI is InChI=1S/C31H34BrF3N2O4/c1-4-5-6-22-19-37(30(38)36-18-21-7-9-23(32)16-29(21)41-14-13-39-2)28-12-8-20(15-26(22)28)25-11-10-24(40-3)17-27(25)31(33,34)35/h7-12,15-17,22H,4-6,13-14,18-19H2,1-3H3,(H,36,38). The zero-order chi connectivity index (χ0) is 29.6. The number of anilines is 1. The molecule has 1 unspecified atom stereocenters. The highest BCUT2D eigenvalue weighted by molar-refractivity contribution is 9.10. The van der Waals surface area contributed by atoms with Gasteiger partial charge in [-0.25, -0.2) is 4.79 Å². The quantitative estimate of drug-likeness (QED) is 0.216. The summed E-state index contributed by atoms with van der Waals surface area (Å²) >= 11 is 3.45. The molecular formula is C31H34BrF3N2O4. The molecule has 4 rings (SSSR count). The van der Waals surface area contributed by atoms with Crippen LogP contribution in [0.5, 0.6) is 11.5 Å². The molecule has 0 spiro atoms. The molecule has 41 heavy (non-hydrogen) atoms. The fourth-order valence-corrected chi connectivity index (χ4v) is 5.39. The van der Waals surface area contributed by atoms with E-state index >= 15 is 0 Å². The van der Waals surface area contributed by atoms with E-state index in [-0.39, 0.29) is 29.8 Å². The van der Waals surface area contributed by atoms with E-state index in [1.807, 2.05) is 18.2 Å². The van der Waals surface area contributed by atoms with Crippen molar-refractivity contribution in [2.75, 3.05) is 38.9 Å². The molecule has 1 N–H and O–H groups in total. The molecule has 1 aliphatic rings. The Labute approximate surface area is 246 Å². The molecule has 0 aromatic heterocycles. The summed E-state index contributed by atoms with van der Waals surface area (Å²) in [6.07, 6.45) is -1.80. The first-order valence-corrected chi connectivity index (χ1v) is 14.3. The van der Waals surface area contributed by atoms with Crippen LogP contribution in [0.2, 0.25) is 0 Å². The van der Waals surface area contributed by atoms with Crippen LogP contribution in [0.1, 0.15) is 48.8 Å². The van der Waals surface area contributed by atoms with E-state index in [9.17, 15) is 18.0 Å². The maximum absolute atomic E-state index is 14.0. The number of hydrogen-bond acceptors (Lipinski definition) is 4. The maximum Gasteiger partial charge on any atom is 0.417 e. The largest absolute Gasteiger partial charge is 0.497 e. The van der Waals surface area contributed by atoms with Crippen molar-refractivity contribution >= 4 is 27.6 Å². The minimum absolute atomic E-state index is 0.0175. The lowest BCUT2D eigenvalue weighted by Crippen LogP contribution is -2.39. The average molecular weight is 636 g/mol. The lowest BCUT2D eigenvalue weighted by Gasteiger charge is -2.20. The molecule has 0 saturated carbocycles. The summed E-state index contributed by atoms with van der Waals surface area (Å²) in [5, 5.41) is 2.99. The molecule has 220 valence electrons. The second-order valence-corrected chi connectivity index (χ2v) is 10.8. The summed E-state index contributed by atoms with van der Waals surface area (Å²) in [6, 6.07) is 14.5. The number of rotatable bonds is 11. The highest BCUT2D eigenvalue weighted by Crippen LogP contribution is 2.44. The van der Waals surface area contributed by atoms with E-state index in [1.54, 1.807) is 30.2 Å². The van der Waals surface area contributed by atoms with Crippen LogP contribution in [0.15, 0.2) is 59.1 Å². The number of urea groups is 1. The van der Waals surface area contributed by atoms with Crippen LogP contribution in [0.3, 0.4) is 0 Å². The molecule has 1 atom stereocenters. The molecule has 3 aromatic rings. The number of benzene rings is 3. The Morgan fingerprint density at radius 3 is 2.59 bits per heavy atom. The van der Waals surface area contributed by atoms with Gasteiger partial charge in [-0.1, -0.05) is 53.9 Å². The molecule has 0 fully saturated rings. The van der Waals surface area contributed by atoms with Gasteiger partial charge in [-0.05, 0) is 59.5 Å². The van der Waals surface area contributed by atoms with Crippen LogP contribution in [-0.4, -0.2) is 40.0 Å². The predicted molar refractivity (Wildman–Crippen MR) is 157 cm³/mol. The number of hydrogen-bond donors (Lipinski definition) is 1. The molecule has 6 nitrogen and oxygen atoms in total. The lowest BCUT2D eigenvalue weighted by molar-refractivity contribution is -0.137. The highest BCUT2D eigenvalue weighted by atomic mass is 79.9. The van der Waals surface area contributed by atoms with Gasteiger partial charge in [-0.15, -0.1) is 0 Å². The number of carbonyl (C=O) groups is 1. The van der Waals surface area contributed by atoms with Crippen molar-refractivity contribution < 1.29 is 32.2 Å². The Morgan fingerprint density at radius 1 is 1.07 bits per heavy atom. The van der Waals surface area contributed by atoms with Gasteiger partial charge in [-0.3, -0.25) is 4.90 Å². The number of amides is 2. The van der Waals surface area contributed by atoms with Crippen molar-refractivity contribution in [3.63, 3.8) is 0 Å². The molecule has 0 bridgehead atoms. The smallest absolute Gasteiger partial charge is 0.417 e. The summed E-state index contributed by atoms with van der Waals surface area (Å²) in [5.74, 6) is 0.803. The first kappa shape index (κ1) is 30.7. The Balaban J connectivity index is 1.60. The predicted octanol–water partition coefficient (Wildman–Crippen LogP) is 8.17. The van der Waals surface area contributed by atoms with Crippen LogP contribution in [0.25, 0.3) is 11.1 Å². The molecule has 3 aromatic carbocycles. The fourth-order valence-electron chi connectivity index (χ4n) is 5.05. The molecule has 1 aliphatic heterocycles. The number of ether oxygens (including phenoxy) is 3. The normalized spacial score (nSPS) is 14.6. The molecule has 2 amide bonds. The third-order valence-electron chi connectivity index (χ3n) is 7.16. The monoisotopic (exact) mass is 634 g/mol. The van der Waals surface area contributed by atoms with Crippen molar-refractivity contribution in [1.29, 1.82) is 0 Å². The number of carbonyl (C=O) groups excluding carboxylic acids is 1. The van der Waals surface area contributed by atoms with Gasteiger partial charge in [0.15, 0.2) is 0 Å². The minimum Gasteiger partial charge on any atom is -0.497 e. The summed E-state index contributed by atoms with van der Waals surface area (Å²) in [4.78, 5) is 15.1. The number of nitrogens with one attached hydrogen (secondary N) is 1.